The fraction of sp³-hybridized carbons (Fsp3) is 0.500. The van der Waals surface area contributed by atoms with Crippen LogP contribution in [-0.2, 0) is 4.79 Å². The van der Waals surface area contributed by atoms with Gasteiger partial charge in [0.2, 0.25) is 0 Å². The summed E-state index contributed by atoms with van der Waals surface area (Å²) in [6, 6.07) is 5.52. The molecule has 0 aliphatic heterocycles. The molecule has 1 aromatic carbocycles. The van der Waals surface area contributed by atoms with Gasteiger partial charge < -0.3 is 9.47 Å². The third-order valence-electron chi connectivity index (χ3n) is 2.75. The highest BCUT2D eigenvalue weighted by molar-refractivity contribution is 5.73. The second-order valence-corrected chi connectivity index (χ2v) is 4.35. The molecule has 3 heteroatoms. The molecule has 0 fully saturated rings. The minimum atomic E-state index is -0.207. The number of methoxy groups -OCH3 is 1. The third-order valence-corrected chi connectivity index (χ3v) is 2.75. The normalized spacial score (nSPS) is 12.0. The first-order valence-corrected chi connectivity index (χ1v) is 5.92. The van der Waals surface area contributed by atoms with Gasteiger partial charge in [-0.25, -0.2) is 0 Å². The third kappa shape index (κ3) is 4.10. The van der Waals surface area contributed by atoms with Crippen molar-refractivity contribution in [1.29, 1.82) is 0 Å². The number of carbonyl (C=O) groups excluding carboxylic acids is 1. The summed E-state index contributed by atoms with van der Waals surface area (Å²) in [7, 11) is 1.57. The molecule has 94 valence electrons. The molecule has 0 spiro atoms. The molecule has 0 aromatic heterocycles. The molecule has 1 atom stereocenters. The summed E-state index contributed by atoms with van der Waals surface area (Å²) in [4.78, 5) is 11.7. The molecule has 1 unspecified atom stereocenters. The SMILES string of the molecule is CCC(C)CC(=O)Oc1ccc(C)cc1OC. The van der Waals surface area contributed by atoms with Gasteiger partial charge in [0.05, 0.1) is 7.11 Å². The van der Waals surface area contributed by atoms with Gasteiger partial charge in [-0.15, -0.1) is 0 Å². The molecule has 0 aliphatic rings. The summed E-state index contributed by atoms with van der Waals surface area (Å²) >= 11 is 0. The van der Waals surface area contributed by atoms with Gasteiger partial charge in [0.15, 0.2) is 11.5 Å². The number of carbonyl (C=O) groups is 1. The molecule has 0 bridgehead atoms. The molecule has 17 heavy (non-hydrogen) atoms. The Labute approximate surface area is 103 Å². The summed E-state index contributed by atoms with van der Waals surface area (Å²) < 4.78 is 10.5. The smallest absolute Gasteiger partial charge is 0.311 e. The lowest BCUT2D eigenvalue weighted by molar-refractivity contribution is -0.135. The van der Waals surface area contributed by atoms with E-state index in [1.54, 1.807) is 13.2 Å². The molecule has 0 heterocycles. The van der Waals surface area contributed by atoms with Crippen LogP contribution in [0.5, 0.6) is 11.5 Å². The van der Waals surface area contributed by atoms with Crippen molar-refractivity contribution in [3.8, 4) is 11.5 Å². The van der Waals surface area contributed by atoms with Crippen molar-refractivity contribution in [1.82, 2.24) is 0 Å². The highest BCUT2D eigenvalue weighted by Crippen LogP contribution is 2.28. The van der Waals surface area contributed by atoms with Crippen LogP contribution < -0.4 is 9.47 Å². The van der Waals surface area contributed by atoms with Gasteiger partial charge in [-0.1, -0.05) is 26.3 Å². The van der Waals surface area contributed by atoms with E-state index in [-0.39, 0.29) is 5.97 Å². The lowest BCUT2D eigenvalue weighted by Gasteiger charge is -2.11. The summed E-state index contributed by atoms with van der Waals surface area (Å²) in [5.41, 5.74) is 1.07. The summed E-state index contributed by atoms with van der Waals surface area (Å²) in [5, 5.41) is 0. The molecule has 0 saturated heterocycles. The number of ether oxygens (including phenoxy) is 2. The second-order valence-electron chi connectivity index (χ2n) is 4.35. The molecule has 0 radical (unpaired) electrons. The fourth-order valence-electron chi connectivity index (χ4n) is 1.45. The average Bonchev–Trinajstić information content (AvgIpc) is 2.31. The fourth-order valence-corrected chi connectivity index (χ4v) is 1.45. The average molecular weight is 236 g/mol. The van der Waals surface area contributed by atoms with Crippen molar-refractivity contribution < 1.29 is 14.3 Å². The van der Waals surface area contributed by atoms with Crippen LogP contribution in [0.25, 0.3) is 0 Å². The maximum atomic E-state index is 11.7. The van der Waals surface area contributed by atoms with Crippen molar-refractivity contribution in [3.63, 3.8) is 0 Å². The summed E-state index contributed by atoms with van der Waals surface area (Å²) in [6.07, 6.45) is 1.41. The first-order valence-electron chi connectivity index (χ1n) is 5.92. The van der Waals surface area contributed by atoms with Gasteiger partial charge in [0, 0.05) is 6.42 Å². The van der Waals surface area contributed by atoms with Crippen molar-refractivity contribution >= 4 is 5.97 Å². The zero-order valence-electron chi connectivity index (χ0n) is 10.9. The highest BCUT2D eigenvalue weighted by Gasteiger charge is 2.12. The van der Waals surface area contributed by atoms with Crippen LogP contribution >= 0.6 is 0 Å². The second kappa shape index (κ2) is 6.28. The maximum absolute atomic E-state index is 11.7. The summed E-state index contributed by atoms with van der Waals surface area (Å²) in [5.74, 6) is 1.23. The molecule has 1 rings (SSSR count). The Morgan fingerprint density at radius 2 is 2.06 bits per heavy atom. The molecule has 0 amide bonds. The van der Waals surface area contributed by atoms with Crippen LogP contribution in [-0.4, -0.2) is 13.1 Å². The van der Waals surface area contributed by atoms with Gasteiger partial charge >= 0.3 is 5.97 Å². The Morgan fingerprint density at radius 3 is 2.65 bits per heavy atom. The number of hydrogen-bond acceptors (Lipinski definition) is 3. The van der Waals surface area contributed by atoms with E-state index >= 15 is 0 Å². The lowest BCUT2D eigenvalue weighted by Crippen LogP contribution is -2.12. The topological polar surface area (TPSA) is 35.5 Å². The van der Waals surface area contributed by atoms with Gasteiger partial charge in [0.25, 0.3) is 0 Å². The molecule has 0 aliphatic carbocycles. The van der Waals surface area contributed by atoms with Gasteiger partial charge in [0.1, 0.15) is 0 Å². The maximum Gasteiger partial charge on any atom is 0.311 e. The van der Waals surface area contributed by atoms with E-state index in [0.717, 1.165) is 12.0 Å². The van der Waals surface area contributed by atoms with Crippen molar-refractivity contribution in [2.75, 3.05) is 7.11 Å². The zero-order valence-corrected chi connectivity index (χ0v) is 10.9. The minimum absolute atomic E-state index is 0.207. The zero-order chi connectivity index (χ0) is 12.8. The van der Waals surface area contributed by atoms with Gasteiger partial charge in [-0.05, 0) is 30.5 Å². The van der Waals surface area contributed by atoms with Crippen molar-refractivity contribution in [2.45, 2.75) is 33.6 Å². The van der Waals surface area contributed by atoms with E-state index < -0.39 is 0 Å². The molecule has 0 N–H and O–H groups in total. The Morgan fingerprint density at radius 1 is 1.35 bits per heavy atom. The number of hydrogen-bond donors (Lipinski definition) is 0. The molecule has 1 aromatic rings. The number of esters is 1. The highest BCUT2D eigenvalue weighted by atomic mass is 16.6. The number of benzene rings is 1. The standard InChI is InChI=1S/C14H20O3/c1-5-10(2)9-14(15)17-12-7-6-11(3)8-13(12)16-4/h6-8,10H,5,9H2,1-4H3. The van der Waals surface area contributed by atoms with Gasteiger partial charge in [-0.2, -0.15) is 0 Å². The molecule has 3 nitrogen and oxygen atoms in total. The van der Waals surface area contributed by atoms with E-state index in [0.29, 0.717) is 23.8 Å². The van der Waals surface area contributed by atoms with Crippen LogP contribution in [0.1, 0.15) is 32.3 Å². The molecular weight excluding hydrogens is 216 g/mol. The van der Waals surface area contributed by atoms with Crippen LogP contribution in [0, 0.1) is 12.8 Å². The van der Waals surface area contributed by atoms with Crippen LogP contribution in [0.3, 0.4) is 0 Å². The van der Waals surface area contributed by atoms with Gasteiger partial charge in [-0.3, -0.25) is 4.79 Å². The number of rotatable bonds is 5. The predicted molar refractivity (Wildman–Crippen MR) is 67.4 cm³/mol. The van der Waals surface area contributed by atoms with E-state index in [1.165, 1.54) is 0 Å². The monoisotopic (exact) mass is 236 g/mol. The predicted octanol–water partition coefficient (Wildman–Crippen LogP) is 3.35. The number of aryl methyl sites for hydroxylation is 1. The largest absolute Gasteiger partial charge is 0.493 e. The Kier molecular flexibility index (Phi) is 5.01. The van der Waals surface area contributed by atoms with Crippen LogP contribution in [0.15, 0.2) is 18.2 Å². The Balaban J connectivity index is 2.71. The lowest BCUT2D eigenvalue weighted by atomic mass is 10.1. The van der Waals surface area contributed by atoms with E-state index in [9.17, 15) is 4.79 Å². The van der Waals surface area contributed by atoms with E-state index in [4.69, 9.17) is 9.47 Å². The minimum Gasteiger partial charge on any atom is -0.493 e. The molecule has 0 saturated carbocycles. The van der Waals surface area contributed by atoms with Crippen LogP contribution in [0.4, 0.5) is 0 Å². The van der Waals surface area contributed by atoms with Crippen molar-refractivity contribution in [2.24, 2.45) is 5.92 Å². The first kappa shape index (κ1) is 13.6. The van der Waals surface area contributed by atoms with E-state index in [1.807, 2.05) is 26.0 Å². The van der Waals surface area contributed by atoms with E-state index in [2.05, 4.69) is 6.92 Å². The molecular formula is C14H20O3. The quantitative estimate of drug-likeness (QED) is 0.581. The Hall–Kier alpha value is -1.51. The Bertz CT molecular complexity index is 385. The summed E-state index contributed by atoms with van der Waals surface area (Å²) in [6.45, 7) is 6.06. The van der Waals surface area contributed by atoms with Crippen molar-refractivity contribution in [3.05, 3.63) is 23.8 Å². The first-order chi connectivity index (χ1) is 8.06. The van der Waals surface area contributed by atoms with Crippen LogP contribution in [0.2, 0.25) is 0 Å².